The van der Waals surface area contributed by atoms with Crippen LogP contribution in [0.5, 0.6) is 23.0 Å². The highest BCUT2D eigenvalue weighted by Gasteiger charge is 2.26. The summed E-state index contributed by atoms with van der Waals surface area (Å²) in [5, 5.41) is 0. The van der Waals surface area contributed by atoms with Crippen LogP contribution in [0.3, 0.4) is 0 Å². The van der Waals surface area contributed by atoms with Gasteiger partial charge in [-0.2, -0.15) is 0 Å². The first-order valence-electron chi connectivity index (χ1n) is 14.8. The zero-order chi connectivity index (χ0) is 31.3. The van der Waals surface area contributed by atoms with Crippen molar-refractivity contribution in [3.8, 4) is 23.0 Å². The predicted octanol–water partition coefficient (Wildman–Crippen LogP) is 7.45. The van der Waals surface area contributed by atoms with Crippen molar-refractivity contribution in [2.24, 2.45) is 0 Å². The predicted molar refractivity (Wildman–Crippen MR) is 171 cm³/mol. The van der Waals surface area contributed by atoms with Crippen molar-refractivity contribution in [2.45, 2.75) is 32.1 Å². The molecular weight excluding hydrogens is 568 g/mol. The lowest BCUT2D eigenvalue weighted by Crippen LogP contribution is -2.29. The van der Waals surface area contributed by atoms with Gasteiger partial charge in [0.15, 0.2) is 0 Å². The number of ether oxygens (including phenoxy) is 2. The molecule has 2 aliphatic heterocycles. The molecule has 2 heterocycles. The Kier molecular flexibility index (Phi) is 8.37. The Labute approximate surface area is 260 Å². The minimum absolute atomic E-state index is 0.194. The van der Waals surface area contributed by atoms with Gasteiger partial charge in [-0.05, 0) is 90.3 Å². The topological polar surface area (TPSA) is 93.2 Å². The van der Waals surface area contributed by atoms with E-state index in [1.165, 1.54) is 35.4 Å². The highest BCUT2D eigenvalue weighted by molar-refractivity contribution is 6.28. The van der Waals surface area contributed by atoms with Crippen molar-refractivity contribution in [3.05, 3.63) is 132 Å². The van der Waals surface area contributed by atoms with E-state index in [9.17, 15) is 19.2 Å². The van der Waals surface area contributed by atoms with Crippen LogP contribution >= 0.6 is 0 Å². The summed E-state index contributed by atoms with van der Waals surface area (Å²) >= 11 is 0. The summed E-state index contributed by atoms with van der Waals surface area (Å²) in [6, 6.07) is 29.8. The lowest BCUT2D eigenvalue weighted by atomic mass is 9.87. The second kappa shape index (κ2) is 12.9. The fourth-order valence-corrected chi connectivity index (χ4v) is 5.38. The van der Waals surface area contributed by atoms with Crippen LogP contribution in [-0.4, -0.2) is 23.6 Å². The van der Waals surface area contributed by atoms with Gasteiger partial charge in [0.05, 0.1) is 11.4 Å². The van der Waals surface area contributed by atoms with Gasteiger partial charge in [-0.1, -0.05) is 44.0 Å². The molecule has 4 aromatic rings. The second-order valence-corrected chi connectivity index (χ2v) is 10.7. The smallest absolute Gasteiger partial charge is 0.258 e. The van der Waals surface area contributed by atoms with Crippen LogP contribution in [0.15, 0.2) is 121 Å². The maximum Gasteiger partial charge on any atom is 0.258 e. The molecule has 8 heteroatoms. The number of nitrogens with zero attached hydrogens (tertiary/aromatic N) is 2. The normalized spacial score (nSPS) is 14.3. The lowest BCUT2D eigenvalue weighted by Gasteiger charge is -2.19. The van der Waals surface area contributed by atoms with E-state index in [0.29, 0.717) is 34.4 Å². The largest absolute Gasteiger partial charge is 0.457 e. The summed E-state index contributed by atoms with van der Waals surface area (Å²) in [5.74, 6) is 1.32. The van der Waals surface area contributed by atoms with Crippen LogP contribution in [0.25, 0.3) is 0 Å². The van der Waals surface area contributed by atoms with E-state index < -0.39 is 0 Å². The summed E-state index contributed by atoms with van der Waals surface area (Å²) in [6.07, 6.45) is 8.19. The fourth-order valence-electron chi connectivity index (χ4n) is 5.38. The third-order valence-corrected chi connectivity index (χ3v) is 7.69. The van der Waals surface area contributed by atoms with E-state index >= 15 is 0 Å². The molecule has 224 valence electrons. The molecule has 0 spiro atoms. The number of carbonyl (C=O) groups is 4. The molecule has 4 aromatic carbocycles. The van der Waals surface area contributed by atoms with Gasteiger partial charge in [-0.15, -0.1) is 0 Å². The molecule has 0 unspecified atom stereocenters. The summed E-state index contributed by atoms with van der Waals surface area (Å²) in [7, 11) is 0. The minimum atomic E-state index is -0.357. The number of imide groups is 2. The second-order valence-electron chi connectivity index (χ2n) is 10.7. The number of benzene rings is 4. The SMILES string of the molecule is CCCCC(c1ccc(Oc2ccc(N3C(=O)C=CC3=O)cc2)cc1)c1ccc(Oc2ccc(N3C(=O)C=CC3=O)cc2)cc1. The van der Waals surface area contributed by atoms with Gasteiger partial charge in [0.1, 0.15) is 23.0 Å². The molecule has 6 rings (SSSR count). The molecule has 0 bridgehead atoms. The Morgan fingerprint density at radius 1 is 0.489 bits per heavy atom. The molecule has 0 aliphatic carbocycles. The van der Waals surface area contributed by atoms with E-state index in [4.69, 9.17) is 9.47 Å². The van der Waals surface area contributed by atoms with Gasteiger partial charge in [0.2, 0.25) is 0 Å². The van der Waals surface area contributed by atoms with Crippen molar-refractivity contribution in [1.29, 1.82) is 0 Å². The summed E-state index contributed by atoms with van der Waals surface area (Å²) in [6.45, 7) is 2.18. The summed E-state index contributed by atoms with van der Waals surface area (Å²) < 4.78 is 12.1. The maximum absolute atomic E-state index is 11.9. The zero-order valence-electron chi connectivity index (χ0n) is 24.6. The molecule has 0 radical (unpaired) electrons. The number of amides is 4. The van der Waals surface area contributed by atoms with Crippen LogP contribution in [-0.2, 0) is 19.2 Å². The average molecular weight is 599 g/mol. The Morgan fingerprint density at radius 2 is 0.800 bits per heavy atom. The third-order valence-electron chi connectivity index (χ3n) is 7.69. The highest BCUT2D eigenvalue weighted by Crippen LogP contribution is 2.34. The standard InChI is InChI=1S/C37H30N2O6/c1-2-3-4-33(25-5-13-29(14-6-25)44-31-17-9-27(10-18-31)38-34(40)21-22-35(38)41)26-7-15-30(16-8-26)45-32-19-11-28(12-20-32)39-36(42)23-24-37(39)43/h5-24,33H,2-4H2,1H3. The van der Waals surface area contributed by atoms with Gasteiger partial charge in [-0.3, -0.25) is 19.2 Å². The lowest BCUT2D eigenvalue weighted by molar-refractivity contribution is -0.121. The molecule has 8 nitrogen and oxygen atoms in total. The monoisotopic (exact) mass is 598 g/mol. The first-order chi connectivity index (χ1) is 21.9. The van der Waals surface area contributed by atoms with E-state index in [1.54, 1.807) is 48.5 Å². The number of carbonyl (C=O) groups excluding carboxylic acids is 4. The molecule has 0 aromatic heterocycles. The summed E-state index contributed by atoms with van der Waals surface area (Å²) in [4.78, 5) is 50.0. The Bertz CT molecular complexity index is 1620. The summed E-state index contributed by atoms with van der Waals surface area (Å²) in [5.41, 5.74) is 3.34. The van der Waals surface area contributed by atoms with Gasteiger partial charge >= 0.3 is 0 Å². The first-order valence-corrected chi connectivity index (χ1v) is 14.8. The molecule has 0 atom stereocenters. The molecule has 2 aliphatic rings. The number of anilines is 2. The van der Waals surface area contributed by atoms with Gasteiger partial charge < -0.3 is 9.47 Å². The molecule has 0 fully saturated rings. The molecule has 0 N–H and O–H groups in total. The molecule has 45 heavy (non-hydrogen) atoms. The van der Waals surface area contributed by atoms with Crippen molar-refractivity contribution < 1.29 is 28.7 Å². The first kappa shape index (κ1) is 29.3. The Hall–Kier alpha value is -5.76. The molecular formula is C37H30N2O6. The number of unbranched alkanes of at least 4 members (excludes halogenated alkanes) is 1. The maximum atomic E-state index is 11.9. The Balaban J connectivity index is 1.11. The van der Waals surface area contributed by atoms with Crippen molar-refractivity contribution in [2.75, 3.05) is 9.80 Å². The molecule has 4 amide bonds. The van der Waals surface area contributed by atoms with Crippen molar-refractivity contribution >= 4 is 35.0 Å². The highest BCUT2D eigenvalue weighted by atomic mass is 16.5. The van der Waals surface area contributed by atoms with E-state index in [1.807, 2.05) is 24.3 Å². The van der Waals surface area contributed by atoms with Crippen LogP contribution in [0.1, 0.15) is 43.2 Å². The van der Waals surface area contributed by atoms with E-state index in [-0.39, 0.29) is 29.5 Å². The van der Waals surface area contributed by atoms with Crippen molar-refractivity contribution in [3.63, 3.8) is 0 Å². The van der Waals surface area contributed by atoms with Gasteiger partial charge in [0.25, 0.3) is 23.6 Å². The van der Waals surface area contributed by atoms with E-state index in [0.717, 1.165) is 29.1 Å². The average Bonchev–Trinajstić information content (AvgIpc) is 3.58. The molecule has 0 saturated carbocycles. The molecule has 0 saturated heterocycles. The minimum Gasteiger partial charge on any atom is -0.457 e. The zero-order valence-corrected chi connectivity index (χ0v) is 24.6. The Morgan fingerprint density at radius 3 is 1.11 bits per heavy atom. The van der Waals surface area contributed by atoms with Crippen LogP contribution in [0.2, 0.25) is 0 Å². The number of hydrogen-bond donors (Lipinski definition) is 0. The van der Waals surface area contributed by atoms with Crippen LogP contribution in [0.4, 0.5) is 11.4 Å². The quantitative estimate of drug-likeness (QED) is 0.167. The van der Waals surface area contributed by atoms with Crippen molar-refractivity contribution in [1.82, 2.24) is 0 Å². The van der Waals surface area contributed by atoms with Gasteiger partial charge in [0, 0.05) is 30.2 Å². The van der Waals surface area contributed by atoms with Crippen LogP contribution in [0, 0.1) is 0 Å². The van der Waals surface area contributed by atoms with Gasteiger partial charge in [-0.25, -0.2) is 9.80 Å². The number of rotatable bonds is 11. The number of hydrogen-bond acceptors (Lipinski definition) is 6. The third kappa shape index (κ3) is 6.45. The fraction of sp³-hybridized carbons (Fsp3) is 0.135. The van der Waals surface area contributed by atoms with E-state index in [2.05, 4.69) is 31.2 Å². The van der Waals surface area contributed by atoms with Crippen LogP contribution < -0.4 is 19.3 Å².